The van der Waals surface area contributed by atoms with E-state index in [0.29, 0.717) is 25.0 Å². The Labute approximate surface area is 193 Å². The summed E-state index contributed by atoms with van der Waals surface area (Å²) in [7, 11) is 0. The van der Waals surface area contributed by atoms with Gasteiger partial charge in [0.15, 0.2) is 0 Å². The van der Waals surface area contributed by atoms with Crippen LogP contribution in [0.2, 0.25) is 0 Å². The number of ether oxygens (including phenoxy) is 1. The van der Waals surface area contributed by atoms with Crippen molar-refractivity contribution in [3.05, 3.63) is 96.1 Å². The second kappa shape index (κ2) is 8.65. The number of fused-ring (bicyclic) bond motifs is 2. The fourth-order valence-corrected chi connectivity index (χ4v) is 4.29. The predicted octanol–water partition coefficient (Wildman–Crippen LogP) is 5.99. The van der Waals surface area contributed by atoms with Gasteiger partial charge in [0, 0.05) is 6.42 Å². The van der Waals surface area contributed by atoms with Crippen molar-refractivity contribution in [2.75, 3.05) is 0 Å². The zero-order valence-corrected chi connectivity index (χ0v) is 18.3. The Bertz CT molecular complexity index is 1300. The van der Waals surface area contributed by atoms with Gasteiger partial charge in [-0.1, -0.05) is 54.6 Å². The minimum Gasteiger partial charge on any atom is -0.480 e. The van der Waals surface area contributed by atoms with Crippen molar-refractivity contribution >= 4 is 29.1 Å². The summed E-state index contributed by atoms with van der Waals surface area (Å²) >= 11 is 0. The topological polar surface area (TPSA) is 72.6 Å². The fourth-order valence-electron chi connectivity index (χ4n) is 4.29. The molecule has 32 heavy (non-hydrogen) atoms. The Hall–Kier alpha value is -3.34. The monoisotopic (exact) mass is 445 g/mol. The maximum Gasteiger partial charge on any atom is 0.324 e. The average molecular weight is 446 g/mol. The van der Waals surface area contributed by atoms with Crippen molar-refractivity contribution < 1.29 is 14.6 Å². The first-order chi connectivity index (χ1) is 15.0. The number of hydrogen-bond donors (Lipinski definition) is 2. The quantitative estimate of drug-likeness (QED) is 0.404. The number of rotatable bonds is 4. The van der Waals surface area contributed by atoms with Crippen molar-refractivity contribution in [3.8, 4) is 22.6 Å². The molecule has 0 amide bonds. The second-order valence-electron chi connectivity index (χ2n) is 8.26. The molecule has 1 aliphatic carbocycles. The first-order valence-corrected chi connectivity index (χ1v) is 10.4. The summed E-state index contributed by atoms with van der Waals surface area (Å²) in [5.41, 5.74) is 9.18. The van der Waals surface area contributed by atoms with E-state index in [1.165, 1.54) is 10.8 Å². The van der Waals surface area contributed by atoms with Gasteiger partial charge in [-0.05, 0) is 76.2 Å². The van der Waals surface area contributed by atoms with E-state index in [0.717, 1.165) is 28.0 Å². The van der Waals surface area contributed by atoms with Gasteiger partial charge in [0.1, 0.15) is 17.0 Å². The van der Waals surface area contributed by atoms with Crippen LogP contribution in [0.15, 0.2) is 84.9 Å². The lowest BCUT2D eigenvalue weighted by molar-refractivity contribution is -0.143. The lowest BCUT2D eigenvalue weighted by Gasteiger charge is -2.31. The normalized spacial score (nSPS) is 17.3. The summed E-state index contributed by atoms with van der Waals surface area (Å²) in [6.07, 6.45) is 1.42. The van der Waals surface area contributed by atoms with Crippen molar-refractivity contribution in [1.82, 2.24) is 0 Å². The molecule has 4 aromatic carbocycles. The summed E-state index contributed by atoms with van der Waals surface area (Å²) in [6, 6.07) is 28.6. The molecule has 0 spiro atoms. The molecule has 4 aromatic rings. The number of aliphatic carboxylic acids is 1. The first-order valence-electron chi connectivity index (χ1n) is 10.4. The highest BCUT2D eigenvalue weighted by atomic mass is 35.5. The molecule has 1 atom stereocenters. The van der Waals surface area contributed by atoms with Crippen LogP contribution in [0, 0.1) is 0 Å². The number of nitrogens with two attached hydrogens (primary N) is 1. The van der Waals surface area contributed by atoms with Gasteiger partial charge in [-0.25, -0.2) is 0 Å². The lowest BCUT2D eigenvalue weighted by Crippen LogP contribution is -2.52. The average Bonchev–Trinajstić information content (AvgIpc) is 2.78. The number of benzene rings is 4. The van der Waals surface area contributed by atoms with E-state index >= 15 is 0 Å². The van der Waals surface area contributed by atoms with Crippen LogP contribution in [-0.4, -0.2) is 16.6 Å². The van der Waals surface area contributed by atoms with Crippen molar-refractivity contribution in [3.63, 3.8) is 0 Å². The molecular formula is C27H24ClNO3. The van der Waals surface area contributed by atoms with Crippen molar-refractivity contribution in [2.24, 2.45) is 5.73 Å². The zero-order valence-electron chi connectivity index (χ0n) is 17.5. The Morgan fingerprint density at radius 1 is 0.812 bits per heavy atom. The first kappa shape index (κ1) is 21.9. The highest BCUT2D eigenvalue weighted by Gasteiger charge is 2.37. The summed E-state index contributed by atoms with van der Waals surface area (Å²) in [6.45, 7) is 0. The van der Waals surface area contributed by atoms with Gasteiger partial charge < -0.3 is 15.6 Å². The van der Waals surface area contributed by atoms with Gasteiger partial charge in [-0.2, -0.15) is 0 Å². The molecule has 3 N–H and O–H groups in total. The molecule has 1 aliphatic rings. The van der Waals surface area contributed by atoms with E-state index in [1.807, 2.05) is 48.5 Å². The SMILES string of the molecule is Cl.NC1(C(=O)O)CCc2ccc(Oc3cccc(-c4ccc5ccccc5c4)c3)cc2C1. The third kappa shape index (κ3) is 4.20. The van der Waals surface area contributed by atoms with Gasteiger partial charge in [0.25, 0.3) is 0 Å². The highest BCUT2D eigenvalue weighted by Crippen LogP contribution is 2.33. The predicted molar refractivity (Wildman–Crippen MR) is 130 cm³/mol. The van der Waals surface area contributed by atoms with Crippen LogP contribution in [-0.2, 0) is 17.6 Å². The Morgan fingerprint density at radius 3 is 2.38 bits per heavy atom. The Kier molecular flexibility index (Phi) is 5.92. The van der Waals surface area contributed by atoms with E-state index in [1.54, 1.807) is 0 Å². The van der Waals surface area contributed by atoms with E-state index in [2.05, 4.69) is 36.4 Å². The van der Waals surface area contributed by atoms with E-state index in [9.17, 15) is 9.90 Å². The van der Waals surface area contributed by atoms with E-state index in [-0.39, 0.29) is 12.4 Å². The molecule has 0 bridgehead atoms. The largest absolute Gasteiger partial charge is 0.480 e. The molecule has 0 aromatic heterocycles. The molecule has 162 valence electrons. The van der Waals surface area contributed by atoms with Crippen LogP contribution in [0.3, 0.4) is 0 Å². The standard InChI is InChI=1S/C27H23NO3.ClH/c28-27(26(29)30)13-12-19-10-11-25(16-23(19)17-27)31-24-7-3-6-21(15-24)22-9-8-18-4-1-2-5-20(18)14-22;/h1-11,14-16H,12-13,17,28H2,(H,29,30);1H. The number of carboxylic acids is 1. The second-order valence-corrected chi connectivity index (χ2v) is 8.26. The van der Waals surface area contributed by atoms with Gasteiger partial charge in [-0.15, -0.1) is 12.4 Å². The maximum atomic E-state index is 11.6. The van der Waals surface area contributed by atoms with Crippen LogP contribution in [0.1, 0.15) is 17.5 Å². The number of halogens is 1. The third-order valence-electron chi connectivity index (χ3n) is 6.10. The third-order valence-corrected chi connectivity index (χ3v) is 6.10. The molecule has 0 radical (unpaired) electrons. The fraction of sp³-hybridized carbons (Fsp3) is 0.148. The molecule has 1 unspecified atom stereocenters. The smallest absolute Gasteiger partial charge is 0.324 e. The van der Waals surface area contributed by atoms with Crippen LogP contribution < -0.4 is 10.5 Å². The molecule has 0 fully saturated rings. The molecule has 5 rings (SSSR count). The van der Waals surface area contributed by atoms with Crippen LogP contribution in [0.5, 0.6) is 11.5 Å². The summed E-state index contributed by atoms with van der Waals surface area (Å²) in [5.74, 6) is 0.468. The number of carbonyl (C=O) groups is 1. The minimum absolute atomic E-state index is 0. The van der Waals surface area contributed by atoms with Crippen molar-refractivity contribution in [1.29, 1.82) is 0 Å². The molecule has 0 saturated heterocycles. The highest BCUT2D eigenvalue weighted by molar-refractivity contribution is 5.87. The molecule has 5 heteroatoms. The molecular weight excluding hydrogens is 422 g/mol. The van der Waals surface area contributed by atoms with E-state index < -0.39 is 11.5 Å². The van der Waals surface area contributed by atoms with Gasteiger partial charge in [0.05, 0.1) is 0 Å². The van der Waals surface area contributed by atoms with Crippen LogP contribution >= 0.6 is 12.4 Å². The van der Waals surface area contributed by atoms with Gasteiger partial charge >= 0.3 is 5.97 Å². The lowest BCUT2D eigenvalue weighted by atomic mass is 9.78. The molecule has 0 aliphatic heterocycles. The van der Waals surface area contributed by atoms with Gasteiger partial charge in [-0.3, -0.25) is 4.79 Å². The summed E-state index contributed by atoms with van der Waals surface area (Å²) in [5, 5.41) is 11.9. The molecule has 4 nitrogen and oxygen atoms in total. The maximum absolute atomic E-state index is 11.6. The summed E-state index contributed by atoms with van der Waals surface area (Å²) < 4.78 is 6.13. The Morgan fingerprint density at radius 2 is 1.56 bits per heavy atom. The minimum atomic E-state index is -1.21. The van der Waals surface area contributed by atoms with Crippen molar-refractivity contribution in [2.45, 2.75) is 24.8 Å². The number of carboxylic acid groups (broad SMARTS) is 1. The molecule has 0 saturated carbocycles. The number of aryl methyl sites for hydroxylation is 1. The Balaban J connectivity index is 0.00000245. The molecule has 0 heterocycles. The number of hydrogen-bond acceptors (Lipinski definition) is 3. The van der Waals surface area contributed by atoms with Gasteiger partial charge in [0.2, 0.25) is 0 Å². The van der Waals surface area contributed by atoms with Crippen LogP contribution in [0.4, 0.5) is 0 Å². The summed E-state index contributed by atoms with van der Waals surface area (Å²) in [4.78, 5) is 11.6. The zero-order chi connectivity index (χ0) is 21.4. The van der Waals surface area contributed by atoms with E-state index in [4.69, 9.17) is 10.5 Å². The van der Waals surface area contributed by atoms with Crippen LogP contribution in [0.25, 0.3) is 21.9 Å².